The fourth-order valence-corrected chi connectivity index (χ4v) is 5.86. The summed E-state index contributed by atoms with van der Waals surface area (Å²) in [5.74, 6) is 0.618. The molecule has 1 aliphatic rings. The summed E-state index contributed by atoms with van der Waals surface area (Å²) in [6.07, 6.45) is 1.55. The third-order valence-corrected chi connectivity index (χ3v) is 7.51. The normalized spacial score (nSPS) is 15.7. The van der Waals surface area contributed by atoms with Gasteiger partial charge in [0.2, 0.25) is 16.7 Å². The van der Waals surface area contributed by atoms with Crippen LogP contribution in [0.25, 0.3) is 16.5 Å². The average Bonchev–Trinajstić information content (AvgIpc) is 3.59. The van der Waals surface area contributed by atoms with Crippen LogP contribution in [-0.4, -0.2) is 50.8 Å². The number of hydrogen-bond donors (Lipinski definition) is 1. The number of benzene rings is 2. The van der Waals surface area contributed by atoms with Gasteiger partial charge in [0.25, 0.3) is 0 Å². The number of furan rings is 1. The van der Waals surface area contributed by atoms with Gasteiger partial charge in [-0.15, -0.1) is 5.10 Å². The van der Waals surface area contributed by atoms with Gasteiger partial charge in [0, 0.05) is 36.9 Å². The van der Waals surface area contributed by atoms with E-state index in [-0.39, 0.29) is 17.7 Å². The van der Waals surface area contributed by atoms with Gasteiger partial charge >= 0.3 is 0 Å². The number of aromatic hydroxyl groups is 1. The number of thiazole rings is 1. The summed E-state index contributed by atoms with van der Waals surface area (Å²) in [5, 5.41) is 16.3. The fourth-order valence-electron chi connectivity index (χ4n) is 4.55. The molecule has 1 saturated heterocycles. The minimum atomic E-state index is -0.340. The molecular weight excluding hydrogens is 489 g/mol. The Hall–Kier alpha value is -3.40. The zero-order chi connectivity index (χ0) is 23.9. The highest BCUT2D eigenvalue weighted by atomic mass is 35.5. The SMILES string of the molecule is Oc1c([C@H](c2cccc(F)c2)N2CCN(c3cccc(Cl)c3)CC2)sc2nc(-c3ccco3)nn12. The minimum Gasteiger partial charge on any atom is -0.492 e. The predicted octanol–water partition coefficient (Wildman–Crippen LogP) is 5.46. The first-order chi connectivity index (χ1) is 17.1. The van der Waals surface area contributed by atoms with Gasteiger partial charge in [0.15, 0.2) is 5.76 Å². The summed E-state index contributed by atoms with van der Waals surface area (Å²) in [6.45, 7) is 2.99. The van der Waals surface area contributed by atoms with Gasteiger partial charge in [0.1, 0.15) is 5.82 Å². The van der Waals surface area contributed by atoms with E-state index in [1.165, 1.54) is 28.0 Å². The number of aromatic nitrogens is 3. The molecule has 0 aliphatic carbocycles. The zero-order valence-corrected chi connectivity index (χ0v) is 20.1. The fraction of sp³-hybridized carbons (Fsp3) is 0.200. The second kappa shape index (κ2) is 8.99. The second-order valence-corrected chi connectivity index (χ2v) is 9.80. The Kier molecular flexibility index (Phi) is 5.68. The molecule has 0 bridgehead atoms. The number of rotatable bonds is 5. The van der Waals surface area contributed by atoms with Crippen molar-refractivity contribution in [1.82, 2.24) is 19.5 Å². The monoisotopic (exact) mass is 509 g/mol. The highest BCUT2D eigenvalue weighted by Crippen LogP contribution is 2.41. The number of anilines is 1. The lowest BCUT2D eigenvalue weighted by Crippen LogP contribution is -2.47. The van der Waals surface area contributed by atoms with Crippen LogP contribution >= 0.6 is 22.9 Å². The van der Waals surface area contributed by atoms with E-state index in [0.29, 0.717) is 26.4 Å². The maximum atomic E-state index is 14.2. The van der Waals surface area contributed by atoms with Crippen molar-refractivity contribution in [1.29, 1.82) is 0 Å². The summed E-state index contributed by atoms with van der Waals surface area (Å²) in [4.78, 5) is 10.3. The summed E-state index contributed by atoms with van der Waals surface area (Å²) in [7, 11) is 0. The maximum absolute atomic E-state index is 14.2. The van der Waals surface area contributed by atoms with Crippen LogP contribution in [0.3, 0.4) is 0 Å². The maximum Gasteiger partial charge on any atom is 0.230 e. The van der Waals surface area contributed by atoms with Crippen molar-refractivity contribution in [2.45, 2.75) is 6.04 Å². The summed E-state index contributed by atoms with van der Waals surface area (Å²) in [5.41, 5.74) is 1.85. The predicted molar refractivity (Wildman–Crippen MR) is 134 cm³/mol. The lowest BCUT2D eigenvalue weighted by molar-refractivity contribution is 0.211. The number of fused-ring (bicyclic) bond motifs is 1. The minimum absolute atomic E-state index is 0.00170. The van der Waals surface area contributed by atoms with Gasteiger partial charge < -0.3 is 14.4 Å². The second-order valence-electron chi connectivity index (χ2n) is 8.36. The molecular formula is C25H21ClFN5O2S. The van der Waals surface area contributed by atoms with Crippen molar-refractivity contribution in [2.75, 3.05) is 31.1 Å². The Morgan fingerprint density at radius 3 is 2.57 bits per heavy atom. The molecule has 35 heavy (non-hydrogen) atoms. The van der Waals surface area contributed by atoms with Gasteiger partial charge in [-0.25, -0.2) is 4.39 Å². The first kappa shape index (κ1) is 22.1. The molecule has 1 atom stereocenters. The molecule has 10 heteroatoms. The summed E-state index contributed by atoms with van der Waals surface area (Å²) >= 11 is 7.53. The van der Waals surface area contributed by atoms with Gasteiger partial charge in [-0.3, -0.25) is 4.90 Å². The van der Waals surface area contributed by atoms with E-state index >= 15 is 0 Å². The molecule has 6 rings (SSSR count). The van der Waals surface area contributed by atoms with Crippen molar-refractivity contribution in [3.05, 3.63) is 88.2 Å². The van der Waals surface area contributed by atoms with Crippen molar-refractivity contribution >= 4 is 33.6 Å². The van der Waals surface area contributed by atoms with E-state index in [1.807, 2.05) is 30.3 Å². The molecule has 5 aromatic rings. The number of nitrogens with zero attached hydrogens (tertiary/aromatic N) is 5. The van der Waals surface area contributed by atoms with Crippen molar-refractivity contribution in [2.24, 2.45) is 0 Å². The Balaban J connectivity index is 1.34. The number of hydrogen-bond acceptors (Lipinski definition) is 7. The zero-order valence-electron chi connectivity index (χ0n) is 18.5. The average molecular weight is 510 g/mol. The standard InChI is InChI=1S/C25H21ClFN5O2S/c26-17-5-2-7-19(15-17)30-9-11-31(12-10-30)21(16-4-1-6-18(27)14-16)22-24(33)32-25(35-22)28-23(29-32)20-8-3-13-34-20/h1-8,13-15,21,33H,9-12H2/t21-/m0/s1. The van der Waals surface area contributed by atoms with E-state index in [0.717, 1.165) is 37.4 Å². The highest BCUT2D eigenvalue weighted by molar-refractivity contribution is 7.17. The van der Waals surface area contributed by atoms with Crippen LogP contribution in [-0.2, 0) is 0 Å². The largest absolute Gasteiger partial charge is 0.492 e. The molecule has 1 aliphatic heterocycles. The van der Waals surface area contributed by atoms with Crippen LogP contribution < -0.4 is 4.90 Å². The van der Waals surface area contributed by atoms with E-state index in [4.69, 9.17) is 16.0 Å². The molecule has 0 unspecified atom stereocenters. The van der Waals surface area contributed by atoms with Crippen LogP contribution in [0.1, 0.15) is 16.5 Å². The van der Waals surface area contributed by atoms with Crippen molar-refractivity contribution in [3.63, 3.8) is 0 Å². The topological polar surface area (TPSA) is 70.0 Å². The lowest BCUT2D eigenvalue weighted by atomic mass is 10.0. The molecule has 0 amide bonds. The third kappa shape index (κ3) is 4.16. The summed E-state index contributed by atoms with van der Waals surface area (Å²) < 4.78 is 21.1. The molecule has 0 saturated carbocycles. The molecule has 0 radical (unpaired) electrons. The molecule has 178 valence electrons. The lowest BCUT2D eigenvalue weighted by Gasteiger charge is -2.40. The Bertz CT molecular complexity index is 1480. The van der Waals surface area contributed by atoms with E-state index in [1.54, 1.807) is 24.5 Å². The number of piperazine rings is 1. The molecule has 1 N–H and O–H groups in total. The number of halogens is 2. The molecule has 3 aromatic heterocycles. The first-order valence-corrected chi connectivity index (χ1v) is 12.4. The smallest absolute Gasteiger partial charge is 0.230 e. The molecule has 1 fully saturated rings. The van der Waals surface area contributed by atoms with Gasteiger partial charge in [-0.2, -0.15) is 9.50 Å². The van der Waals surface area contributed by atoms with Crippen molar-refractivity contribution in [3.8, 4) is 17.5 Å². The van der Waals surface area contributed by atoms with Crippen LogP contribution in [0.2, 0.25) is 5.02 Å². The van der Waals surface area contributed by atoms with Crippen LogP contribution in [0, 0.1) is 5.82 Å². The van der Waals surface area contributed by atoms with E-state index in [2.05, 4.69) is 19.9 Å². The molecule has 4 heterocycles. The van der Waals surface area contributed by atoms with E-state index < -0.39 is 0 Å². The van der Waals surface area contributed by atoms with Gasteiger partial charge in [0.05, 0.1) is 17.2 Å². The third-order valence-electron chi connectivity index (χ3n) is 6.21. The quantitative estimate of drug-likeness (QED) is 0.339. The van der Waals surface area contributed by atoms with Crippen LogP contribution in [0.15, 0.2) is 71.3 Å². The van der Waals surface area contributed by atoms with Gasteiger partial charge in [-0.05, 0) is 48.0 Å². The first-order valence-electron chi connectivity index (χ1n) is 11.2. The Morgan fingerprint density at radius 1 is 1.03 bits per heavy atom. The summed E-state index contributed by atoms with van der Waals surface area (Å²) in [6, 6.07) is 17.6. The molecule has 0 spiro atoms. The Labute approximate surface area is 209 Å². The van der Waals surface area contributed by atoms with Crippen LogP contribution in [0.4, 0.5) is 10.1 Å². The van der Waals surface area contributed by atoms with Gasteiger partial charge in [-0.1, -0.05) is 41.1 Å². The molecule has 7 nitrogen and oxygen atoms in total. The Morgan fingerprint density at radius 2 is 1.86 bits per heavy atom. The van der Waals surface area contributed by atoms with Crippen molar-refractivity contribution < 1.29 is 13.9 Å². The molecule has 2 aromatic carbocycles. The van der Waals surface area contributed by atoms with E-state index in [9.17, 15) is 9.50 Å². The highest BCUT2D eigenvalue weighted by Gasteiger charge is 2.32. The van der Waals surface area contributed by atoms with Crippen LogP contribution in [0.5, 0.6) is 5.88 Å².